The Balaban J connectivity index is 2.61. The molecule has 0 aliphatic heterocycles. The number of halogens is 1. The molecule has 0 nitrogen and oxygen atoms in total. The highest BCUT2D eigenvalue weighted by molar-refractivity contribution is 6.18. The van der Waals surface area contributed by atoms with E-state index in [1.165, 1.54) is 0 Å². The molecule has 0 unspecified atom stereocenters. The maximum absolute atomic E-state index is 5.43. The second-order valence-electron chi connectivity index (χ2n) is 2.19. The van der Waals surface area contributed by atoms with E-state index in [2.05, 4.69) is 11.8 Å². The molecule has 0 fully saturated rings. The smallest absolute Gasteiger partial charge is 0.0413 e. The molecule has 0 saturated heterocycles. The average Bonchev–Trinajstić information content (AvgIpc) is 2.14. The number of rotatable bonds is 1. The van der Waals surface area contributed by atoms with E-state index in [0.717, 1.165) is 5.56 Å². The Morgan fingerprint density at radius 2 is 2.00 bits per heavy atom. The van der Waals surface area contributed by atoms with Gasteiger partial charge in [-0.2, -0.15) is 0 Å². The zero-order chi connectivity index (χ0) is 8.65. The predicted molar refractivity (Wildman–Crippen MR) is 53.2 cm³/mol. The van der Waals surface area contributed by atoms with Crippen molar-refractivity contribution in [3.63, 3.8) is 0 Å². The molecule has 1 heteroatoms. The van der Waals surface area contributed by atoms with Crippen LogP contribution in [0.3, 0.4) is 0 Å². The summed E-state index contributed by atoms with van der Waals surface area (Å²) in [6, 6.07) is 9.85. The molecule has 1 aromatic rings. The third-order valence-corrected chi connectivity index (χ3v) is 1.46. The van der Waals surface area contributed by atoms with Gasteiger partial charge in [-0.3, -0.25) is 0 Å². The Labute approximate surface area is 77.9 Å². The molecule has 0 aliphatic rings. The molecule has 0 N–H and O–H groups in total. The molecule has 1 aromatic carbocycles. The fourth-order valence-electron chi connectivity index (χ4n) is 0.750. The van der Waals surface area contributed by atoms with E-state index >= 15 is 0 Å². The molecule has 0 amide bonds. The summed E-state index contributed by atoms with van der Waals surface area (Å²) < 4.78 is 0. The molecule has 0 saturated carbocycles. The summed E-state index contributed by atoms with van der Waals surface area (Å²) in [6.07, 6.45) is 3.58. The standard InChI is InChI=1S/C11H9Cl/c12-10-6-2-5-9-11-7-3-1-4-8-11/h1-4,6-8H,10H2. The minimum Gasteiger partial charge on any atom is -0.122 e. The van der Waals surface area contributed by atoms with Crippen LogP contribution >= 0.6 is 11.6 Å². The largest absolute Gasteiger partial charge is 0.122 e. The third kappa shape index (κ3) is 3.27. The van der Waals surface area contributed by atoms with Gasteiger partial charge in [-0.05, 0) is 18.2 Å². The molecule has 0 aromatic heterocycles. The van der Waals surface area contributed by atoms with Crippen molar-refractivity contribution < 1.29 is 0 Å². The molecule has 0 spiro atoms. The Kier molecular flexibility index (Phi) is 4.05. The molecular weight excluding hydrogens is 168 g/mol. The molecule has 60 valence electrons. The maximum Gasteiger partial charge on any atom is 0.0413 e. The van der Waals surface area contributed by atoms with Gasteiger partial charge >= 0.3 is 0 Å². The van der Waals surface area contributed by atoms with Crippen LogP contribution in [0.2, 0.25) is 0 Å². The van der Waals surface area contributed by atoms with E-state index in [4.69, 9.17) is 11.6 Å². The van der Waals surface area contributed by atoms with Crippen LogP contribution in [0.25, 0.3) is 0 Å². The topological polar surface area (TPSA) is 0 Å². The van der Waals surface area contributed by atoms with Gasteiger partial charge < -0.3 is 0 Å². The molecule has 0 bridgehead atoms. The number of hydrogen-bond donors (Lipinski definition) is 0. The molecular formula is C11H9Cl. The van der Waals surface area contributed by atoms with E-state index in [1.807, 2.05) is 36.4 Å². The summed E-state index contributed by atoms with van der Waals surface area (Å²) >= 11 is 5.43. The molecule has 0 heterocycles. The number of allylic oxidation sites excluding steroid dienone is 2. The monoisotopic (exact) mass is 176 g/mol. The maximum atomic E-state index is 5.43. The quantitative estimate of drug-likeness (QED) is 0.456. The van der Waals surface area contributed by atoms with Crippen LogP contribution in [0.5, 0.6) is 0 Å². The van der Waals surface area contributed by atoms with Crippen molar-refractivity contribution in [1.82, 2.24) is 0 Å². The summed E-state index contributed by atoms with van der Waals surface area (Å²) in [7, 11) is 0. The number of benzene rings is 1. The van der Waals surface area contributed by atoms with Gasteiger partial charge in [0.15, 0.2) is 0 Å². The van der Waals surface area contributed by atoms with Gasteiger partial charge in [0.05, 0.1) is 0 Å². The van der Waals surface area contributed by atoms with Gasteiger partial charge in [0.1, 0.15) is 0 Å². The van der Waals surface area contributed by atoms with E-state index < -0.39 is 0 Å². The third-order valence-electron chi connectivity index (χ3n) is 1.28. The lowest BCUT2D eigenvalue weighted by molar-refractivity contribution is 1.65. The Morgan fingerprint density at radius 1 is 1.25 bits per heavy atom. The summed E-state index contributed by atoms with van der Waals surface area (Å²) in [5.74, 6) is 6.39. The van der Waals surface area contributed by atoms with Crippen LogP contribution in [0, 0.1) is 11.8 Å². The Hall–Kier alpha value is -1.19. The predicted octanol–water partition coefficient (Wildman–Crippen LogP) is 2.83. The zero-order valence-electron chi connectivity index (χ0n) is 6.63. The van der Waals surface area contributed by atoms with E-state index in [-0.39, 0.29) is 0 Å². The number of hydrogen-bond acceptors (Lipinski definition) is 0. The van der Waals surface area contributed by atoms with E-state index in [1.54, 1.807) is 6.08 Å². The van der Waals surface area contributed by atoms with Crippen molar-refractivity contribution in [3.05, 3.63) is 48.0 Å². The van der Waals surface area contributed by atoms with E-state index in [9.17, 15) is 0 Å². The van der Waals surface area contributed by atoms with Gasteiger partial charge in [-0.25, -0.2) is 0 Å². The van der Waals surface area contributed by atoms with Gasteiger partial charge in [-0.1, -0.05) is 36.1 Å². The first-order chi connectivity index (χ1) is 5.93. The first-order valence-electron chi connectivity index (χ1n) is 3.71. The highest BCUT2D eigenvalue weighted by atomic mass is 35.5. The summed E-state index contributed by atoms with van der Waals surface area (Å²) in [5.41, 5.74) is 1.02. The fraction of sp³-hybridized carbons (Fsp3) is 0.0909. The Morgan fingerprint density at radius 3 is 2.67 bits per heavy atom. The molecule has 0 radical (unpaired) electrons. The second kappa shape index (κ2) is 5.46. The van der Waals surface area contributed by atoms with Crippen LogP contribution in [0.15, 0.2) is 42.5 Å². The molecule has 0 atom stereocenters. The van der Waals surface area contributed by atoms with Crippen molar-refractivity contribution in [2.24, 2.45) is 0 Å². The van der Waals surface area contributed by atoms with Crippen LogP contribution in [0.1, 0.15) is 5.56 Å². The van der Waals surface area contributed by atoms with Crippen LogP contribution < -0.4 is 0 Å². The van der Waals surface area contributed by atoms with Crippen LogP contribution in [-0.2, 0) is 0 Å². The minimum atomic E-state index is 0.517. The fourth-order valence-corrected chi connectivity index (χ4v) is 0.839. The van der Waals surface area contributed by atoms with Gasteiger partial charge in [0.25, 0.3) is 0 Å². The first-order valence-corrected chi connectivity index (χ1v) is 4.24. The highest BCUT2D eigenvalue weighted by Gasteiger charge is 1.78. The lowest BCUT2D eigenvalue weighted by Crippen LogP contribution is -1.69. The van der Waals surface area contributed by atoms with Gasteiger partial charge in [-0.15, -0.1) is 11.6 Å². The lowest BCUT2D eigenvalue weighted by Gasteiger charge is -1.84. The first kappa shape index (κ1) is 8.90. The minimum absolute atomic E-state index is 0.517. The Bertz CT molecular complexity index is 301. The van der Waals surface area contributed by atoms with Crippen LogP contribution in [-0.4, -0.2) is 5.88 Å². The zero-order valence-corrected chi connectivity index (χ0v) is 7.38. The second-order valence-corrected chi connectivity index (χ2v) is 2.50. The average molecular weight is 177 g/mol. The van der Waals surface area contributed by atoms with Crippen LogP contribution in [0.4, 0.5) is 0 Å². The molecule has 12 heavy (non-hydrogen) atoms. The summed E-state index contributed by atoms with van der Waals surface area (Å²) in [4.78, 5) is 0. The van der Waals surface area contributed by atoms with Crippen molar-refractivity contribution >= 4 is 11.6 Å². The SMILES string of the molecule is ClCC=CC#Cc1ccccc1. The van der Waals surface area contributed by atoms with Crippen molar-refractivity contribution in [2.75, 3.05) is 5.88 Å². The van der Waals surface area contributed by atoms with Gasteiger partial charge in [0.2, 0.25) is 0 Å². The molecule has 1 rings (SSSR count). The summed E-state index contributed by atoms with van der Waals surface area (Å²) in [5, 5.41) is 0. The van der Waals surface area contributed by atoms with Crippen molar-refractivity contribution in [1.29, 1.82) is 0 Å². The highest BCUT2D eigenvalue weighted by Crippen LogP contribution is 1.94. The van der Waals surface area contributed by atoms with Crippen molar-refractivity contribution in [3.8, 4) is 11.8 Å². The van der Waals surface area contributed by atoms with E-state index in [0.29, 0.717) is 5.88 Å². The number of alkyl halides is 1. The van der Waals surface area contributed by atoms with Gasteiger partial charge in [0, 0.05) is 11.4 Å². The molecule has 0 aliphatic carbocycles. The lowest BCUT2D eigenvalue weighted by atomic mass is 10.2. The van der Waals surface area contributed by atoms with Crippen molar-refractivity contribution in [2.45, 2.75) is 0 Å². The summed E-state index contributed by atoms with van der Waals surface area (Å²) in [6.45, 7) is 0. The normalized spacial score (nSPS) is 9.42.